The Bertz CT molecular complexity index is 806. The molecule has 0 unspecified atom stereocenters. The second-order valence-corrected chi connectivity index (χ2v) is 4.74. The molecule has 0 saturated carbocycles. The van der Waals surface area contributed by atoms with E-state index in [0.29, 0.717) is 10.7 Å². The van der Waals surface area contributed by atoms with Gasteiger partial charge in [0, 0.05) is 10.7 Å². The molecular weight excluding hydrogens is 260 g/mol. The molecule has 0 bridgehead atoms. The van der Waals surface area contributed by atoms with Crippen molar-refractivity contribution in [3.63, 3.8) is 0 Å². The van der Waals surface area contributed by atoms with Crippen LogP contribution in [0.15, 0.2) is 53.3 Å². The standard InChI is InChI=1S/C15H11ClN2O/c1-10-15(19)18(12-8-6-11(16)7-9-12)14-5-3-2-4-13(14)17-10/h2-9H,1H3. The zero-order chi connectivity index (χ0) is 13.4. The van der Waals surface area contributed by atoms with Crippen LogP contribution in [0, 0.1) is 6.92 Å². The van der Waals surface area contributed by atoms with Gasteiger partial charge in [-0.05, 0) is 43.3 Å². The summed E-state index contributed by atoms with van der Waals surface area (Å²) in [7, 11) is 0. The van der Waals surface area contributed by atoms with Gasteiger partial charge in [0.05, 0.1) is 11.0 Å². The van der Waals surface area contributed by atoms with Crippen LogP contribution in [0.25, 0.3) is 16.7 Å². The highest BCUT2D eigenvalue weighted by Crippen LogP contribution is 2.17. The summed E-state index contributed by atoms with van der Waals surface area (Å²) in [5.41, 5.74) is 2.75. The first-order chi connectivity index (χ1) is 9.16. The predicted octanol–water partition coefficient (Wildman–Crippen LogP) is 3.35. The second kappa shape index (κ2) is 4.52. The van der Waals surface area contributed by atoms with Gasteiger partial charge in [-0.3, -0.25) is 9.36 Å². The first-order valence-corrected chi connectivity index (χ1v) is 6.29. The Hall–Kier alpha value is -2.13. The Morgan fingerprint density at radius 1 is 1.05 bits per heavy atom. The van der Waals surface area contributed by atoms with E-state index in [1.165, 1.54) is 0 Å². The van der Waals surface area contributed by atoms with Crippen molar-refractivity contribution in [2.75, 3.05) is 0 Å². The van der Waals surface area contributed by atoms with E-state index >= 15 is 0 Å². The number of halogens is 1. The normalized spacial score (nSPS) is 10.8. The zero-order valence-corrected chi connectivity index (χ0v) is 11.1. The molecule has 0 spiro atoms. The fourth-order valence-electron chi connectivity index (χ4n) is 2.09. The lowest BCUT2D eigenvalue weighted by Gasteiger charge is -2.10. The number of rotatable bonds is 1. The number of hydrogen-bond donors (Lipinski definition) is 0. The average molecular weight is 271 g/mol. The van der Waals surface area contributed by atoms with Crippen molar-refractivity contribution >= 4 is 22.6 Å². The molecule has 94 valence electrons. The summed E-state index contributed by atoms with van der Waals surface area (Å²) in [6.45, 7) is 1.72. The van der Waals surface area contributed by atoms with Crippen LogP contribution in [-0.4, -0.2) is 9.55 Å². The van der Waals surface area contributed by atoms with E-state index in [-0.39, 0.29) is 5.56 Å². The molecular formula is C15H11ClN2O. The lowest BCUT2D eigenvalue weighted by Crippen LogP contribution is -2.22. The molecule has 19 heavy (non-hydrogen) atoms. The number of benzene rings is 2. The maximum atomic E-state index is 12.3. The number of hydrogen-bond acceptors (Lipinski definition) is 2. The van der Waals surface area contributed by atoms with E-state index < -0.39 is 0 Å². The van der Waals surface area contributed by atoms with Crippen molar-refractivity contribution in [3.05, 3.63) is 69.6 Å². The summed E-state index contributed by atoms with van der Waals surface area (Å²) in [6.07, 6.45) is 0. The van der Waals surface area contributed by atoms with E-state index in [0.717, 1.165) is 16.7 Å². The first kappa shape index (κ1) is 11.9. The molecule has 4 heteroatoms. The van der Waals surface area contributed by atoms with E-state index in [9.17, 15) is 4.79 Å². The molecule has 2 aromatic carbocycles. The van der Waals surface area contributed by atoms with Crippen LogP contribution in [0.4, 0.5) is 0 Å². The van der Waals surface area contributed by atoms with Gasteiger partial charge >= 0.3 is 0 Å². The van der Waals surface area contributed by atoms with Crippen molar-refractivity contribution in [3.8, 4) is 5.69 Å². The van der Waals surface area contributed by atoms with Crippen LogP contribution in [-0.2, 0) is 0 Å². The Morgan fingerprint density at radius 3 is 2.47 bits per heavy atom. The molecule has 3 aromatic rings. The molecule has 0 radical (unpaired) electrons. The van der Waals surface area contributed by atoms with E-state index in [1.54, 1.807) is 23.6 Å². The minimum atomic E-state index is -0.110. The maximum Gasteiger partial charge on any atom is 0.277 e. The van der Waals surface area contributed by atoms with E-state index in [2.05, 4.69) is 4.98 Å². The Labute approximate surface area is 115 Å². The van der Waals surface area contributed by atoms with Gasteiger partial charge in [-0.2, -0.15) is 0 Å². The third kappa shape index (κ3) is 2.02. The average Bonchev–Trinajstić information content (AvgIpc) is 2.42. The fraction of sp³-hybridized carbons (Fsp3) is 0.0667. The zero-order valence-electron chi connectivity index (χ0n) is 10.3. The smallest absolute Gasteiger partial charge is 0.274 e. The van der Waals surface area contributed by atoms with Gasteiger partial charge in [0.15, 0.2) is 0 Å². The summed E-state index contributed by atoms with van der Waals surface area (Å²) >= 11 is 5.89. The molecule has 0 aliphatic rings. The van der Waals surface area contributed by atoms with Crippen LogP contribution in [0.2, 0.25) is 5.02 Å². The minimum absolute atomic E-state index is 0.110. The summed E-state index contributed by atoms with van der Waals surface area (Å²) in [6, 6.07) is 14.8. The van der Waals surface area contributed by atoms with Gasteiger partial charge in [-0.1, -0.05) is 23.7 Å². The molecule has 3 rings (SSSR count). The van der Waals surface area contributed by atoms with Crippen molar-refractivity contribution in [1.82, 2.24) is 9.55 Å². The lowest BCUT2D eigenvalue weighted by molar-refractivity contribution is 0.980. The fourth-order valence-corrected chi connectivity index (χ4v) is 2.22. The van der Waals surface area contributed by atoms with Crippen LogP contribution < -0.4 is 5.56 Å². The third-order valence-corrected chi connectivity index (χ3v) is 3.26. The third-order valence-electron chi connectivity index (χ3n) is 3.01. The molecule has 1 heterocycles. The molecule has 0 fully saturated rings. The highest BCUT2D eigenvalue weighted by molar-refractivity contribution is 6.30. The topological polar surface area (TPSA) is 34.9 Å². The van der Waals surface area contributed by atoms with Gasteiger partial charge in [0.25, 0.3) is 5.56 Å². The molecule has 1 aromatic heterocycles. The monoisotopic (exact) mass is 270 g/mol. The molecule has 0 aliphatic carbocycles. The first-order valence-electron chi connectivity index (χ1n) is 5.91. The van der Waals surface area contributed by atoms with Crippen molar-refractivity contribution in [2.24, 2.45) is 0 Å². The van der Waals surface area contributed by atoms with E-state index in [1.807, 2.05) is 36.4 Å². The quantitative estimate of drug-likeness (QED) is 0.680. The summed E-state index contributed by atoms with van der Waals surface area (Å²) in [5.74, 6) is 0. The van der Waals surface area contributed by atoms with Crippen LogP contribution >= 0.6 is 11.6 Å². The van der Waals surface area contributed by atoms with E-state index in [4.69, 9.17) is 11.6 Å². The van der Waals surface area contributed by atoms with Gasteiger partial charge in [0.2, 0.25) is 0 Å². The number of fused-ring (bicyclic) bond motifs is 1. The van der Waals surface area contributed by atoms with Gasteiger partial charge in [-0.25, -0.2) is 4.98 Å². The molecule has 0 amide bonds. The predicted molar refractivity (Wildman–Crippen MR) is 77.1 cm³/mol. The van der Waals surface area contributed by atoms with Crippen LogP contribution in [0.5, 0.6) is 0 Å². The van der Waals surface area contributed by atoms with Crippen LogP contribution in [0.3, 0.4) is 0 Å². The van der Waals surface area contributed by atoms with Gasteiger partial charge in [0.1, 0.15) is 5.69 Å². The second-order valence-electron chi connectivity index (χ2n) is 4.30. The number of para-hydroxylation sites is 2. The molecule has 0 aliphatic heterocycles. The van der Waals surface area contributed by atoms with Crippen molar-refractivity contribution < 1.29 is 0 Å². The van der Waals surface area contributed by atoms with Crippen molar-refractivity contribution in [2.45, 2.75) is 6.92 Å². The van der Waals surface area contributed by atoms with Crippen molar-refractivity contribution in [1.29, 1.82) is 0 Å². The lowest BCUT2D eigenvalue weighted by atomic mass is 10.2. The molecule has 3 nitrogen and oxygen atoms in total. The van der Waals surface area contributed by atoms with Gasteiger partial charge in [-0.15, -0.1) is 0 Å². The number of nitrogens with zero attached hydrogens (tertiary/aromatic N) is 2. The highest BCUT2D eigenvalue weighted by Gasteiger charge is 2.09. The summed E-state index contributed by atoms with van der Waals surface area (Å²) < 4.78 is 1.66. The Balaban J connectivity index is 2.42. The number of aromatic nitrogens is 2. The summed E-state index contributed by atoms with van der Waals surface area (Å²) in [4.78, 5) is 16.7. The SMILES string of the molecule is Cc1nc2ccccc2n(-c2ccc(Cl)cc2)c1=O. The molecule has 0 N–H and O–H groups in total. The minimum Gasteiger partial charge on any atom is -0.274 e. The highest BCUT2D eigenvalue weighted by atomic mass is 35.5. The Kier molecular flexibility index (Phi) is 2.84. The largest absolute Gasteiger partial charge is 0.277 e. The maximum absolute atomic E-state index is 12.3. The molecule has 0 atom stereocenters. The van der Waals surface area contributed by atoms with Crippen LogP contribution in [0.1, 0.15) is 5.69 Å². The summed E-state index contributed by atoms with van der Waals surface area (Å²) in [5, 5.41) is 0.645. The molecule has 0 saturated heterocycles. The Morgan fingerprint density at radius 2 is 1.74 bits per heavy atom. The number of aryl methyl sites for hydroxylation is 1. The van der Waals surface area contributed by atoms with Gasteiger partial charge < -0.3 is 0 Å².